The molecule has 1 N–H and O–H groups in total. The van der Waals surface area contributed by atoms with Gasteiger partial charge in [0.1, 0.15) is 4.92 Å². The molecule has 122 valence electrons. The molecule has 0 unspecified atom stereocenters. The number of hydrogen-bond acceptors (Lipinski definition) is 5. The summed E-state index contributed by atoms with van der Waals surface area (Å²) in [6, 6.07) is 2.24. The number of likely N-dealkylation sites (tertiary alicyclic amines) is 1. The predicted molar refractivity (Wildman–Crippen MR) is 68.3 cm³/mol. The second-order valence-corrected chi connectivity index (χ2v) is 5.11. The minimum atomic E-state index is -4.23. The van der Waals surface area contributed by atoms with Gasteiger partial charge in [-0.1, -0.05) is 0 Å². The van der Waals surface area contributed by atoms with Crippen LogP contribution in [0.3, 0.4) is 0 Å². The van der Waals surface area contributed by atoms with Gasteiger partial charge in [0.15, 0.2) is 5.76 Å². The molecule has 0 radical (unpaired) electrons. The zero-order valence-electron chi connectivity index (χ0n) is 11.4. The Bertz CT molecular complexity index is 558. The number of amides is 1. The van der Waals surface area contributed by atoms with E-state index in [1.54, 1.807) is 0 Å². The number of halogens is 3. The molecule has 1 aliphatic heterocycles. The molecule has 1 aromatic rings. The van der Waals surface area contributed by atoms with Gasteiger partial charge in [0.05, 0.1) is 12.6 Å². The molecule has 0 bridgehead atoms. The highest BCUT2D eigenvalue weighted by Crippen LogP contribution is 2.22. The molecule has 2 rings (SSSR count). The maximum absolute atomic E-state index is 12.3. The Balaban J connectivity index is 1.78. The fourth-order valence-electron chi connectivity index (χ4n) is 2.35. The van der Waals surface area contributed by atoms with Crippen LogP contribution in [-0.2, 0) is 0 Å². The Morgan fingerprint density at radius 1 is 1.50 bits per heavy atom. The molecule has 1 aliphatic rings. The quantitative estimate of drug-likeness (QED) is 0.660. The fraction of sp³-hybridized carbons (Fsp3) is 0.583. The average Bonchev–Trinajstić information content (AvgIpc) is 3.02. The number of nitro groups is 1. The molecule has 0 saturated carbocycles. The van der Waals surface area contributed by atoms with E-state index in [1.165, 1.54) is 11.0 Å². The Hall–Kier alpha value is -2.10. The van der Waals surface area contributed by atoms with E-state index in [1.807, 2.05) is 0 Å². The molecule has 10 heteroatoms. The summed E-state index contributed by atoms with van der Waals surface area (Å²) in [5.41, 5.74) is 0. The van der Waals surface area contributed by atoms with Crippen molar-refractivity contribution in [3.63, 3.8) is 0 Å². The number of hydrogen-bond donors (Lipinski definition) is 1. The SMILES string of the molecule is O=C(NC[C@H]1CCN(CC(F)(F)F)C1)c1ccc([N+](=O)[O-])o1. The van der Waals surface area contributed by atoms with Crippen molar-refractivity contribution in [2.75, 3.05) is 26.2 Å². The van der Waals surface area contributed by atoms with Gasteiger partial charge in [0.2, 0.25) is 0 Å². The van der Waals surface area contributed by atoms with Crippen molar-refractivity contribution in [1.82, 2.24) is 10.2 Å². The van der Waals surface area contributed by atoms with E-state index in [2.05, 4.69) is 5.32 Å². The van der Waals surface area contributed by atoms with E-state index < -0.39 is 29.4 Å². The van der Waals surface area contributed by atoms with Crippen LogP contribution in [0.4, 0.5) is 19.1 Å². The van der Waals surface area contributed by atoms with Crippen molar-refractivity contribution in [3.05, 3.63) is 28.0 Å². The van der Waals surface area contributed by atoms with Gasteiger partial charge in [-0.2, -0.15) is 13.2 Å². The van der Waals surface area contributed by atoms with Gasteiger partial charge < -0.3 is 9.73 Å². The van der Waals surface area contributed by atoms with Crippen molar-refractivity contribution in [2.24, 2.45) is 5.92 Å². The number of carbonyl (C=O) groups is 1. The number of rotatable bonds is 5. The zero-order valence-corrected chi connectivity index (χ0v) is 11.4. The van der Waals surface area contributed by atoms with Crippen LogP contribution in [0.15, 0.2) is 16.5 Å². The first-order valence-corrected chi connectivity index (χ1v) is 6.56. The lowest BCUT2D eigenvalue weighted by molar-refractivity contribution is -0.402. The lowest BCUT2D eigenvalue weighted by atomic mass is 10.1. The summed E-state index contributed by atoms with van der Waals surface area (Å²) in [5.74, 6) is -1.45. The second kappa shape index (κ2) is 6.34. The number of nitrogens with zero attached hydrogens (tertiary/aromatic N) is 2. The smallest absolute Gasteiger partial charge is 0.395 e. The lowest BCUT2D eigenvalue weighted by Gasteiger charge is -2.17. The number of alkyl halides is 3. The third-order valence-corrected chi connectivity index (χ3v) is 3.32. The molecule has 1 fully saturated rings. The molecule has 0 aliphatic carbocycles. The van der Waals surface area contributed by atoms with Crippen molar-refractivity contribution in [2.45, 2.75) is 12.6 Å². The zero-order chi connectivity index (χ0) is 16.3. The summed E-state index contributed by atoms with van der Waals surface area (Å²) in [4.78, 5) is 22.7. The first kappa shape index (κ1) is 16.3. The molecular weight excluding hydrogens is 307 g/mol. The topological polar surface area (TPSA) is 88.6 Å². The summed E-state index contributed by atoms with van der Waals surface area (Å²) in [7, 11) is 0. The van der Waals surface area contributed by atoms with Crippen LogP contribution in [0.25, 0.3) is 0 Å². The van der Waals surface area contributed by atoms with Gasteiger partial charge in [0, 0.05) is 13.1 Å². The summed E-state index contributed by atoms with van der Waals surface area (Å²) in [6.45, 7) is -0.187. The highest BCUT2D eigenvalue weighted by Gasteiger charge is 2.34. The molecule has 2 heterocycles. The Labute approximate surface area is 123 Å². The minimum Gasteiger partial charge on any atom is -0.395 e. The summed E-state index contributed by atoms with van der Waals surface area (Å²) in [5, 5.41) is 13.0. The normalized spacial score (nSPS) is 19.3. The molecule has 0 spiro atoms. The van der Waals surface area contributed by atoms with Gasteiger partial charge in [-0.25, -0.2) is 0 Å². The standard InChI is InChI=1S/C12H14F3N3O4/c13-12(14,15)7-17-4-3-8(6-17)5-16-11(19)9-1-2-10(22-9)18(20)21/h1-2,8H,3-7H2,(H,16,19)/t8-/m1/s1. The molecule has 7 nitrogen and oxygen atoms in total. The first-order chi connectivity index (χ1) is 10.2. The van der Waals surface area contributed by atoms with E-state index in [-0.39, 0.29) is 24.8 Å². The van der Waals surface area contributed by atoms with Gasteiger partial charge in [-0.05, 0) is 24.9 Å². The third kappa shape index (κ3) is 4.45. The maximum atomic E-state index is 12.3. The van der Waals surface area contributed by atoms with Crippen molar-refractivity contribution in [3.8, 4) is 0 Å². The van der Waals surface area contributed by atoms with Crippen molar-refractivity contribution < 1.29 is 27.3 Å². The van der Waals surface area contributed by atoms with Gasteiger partial charge >= 0.3 is 12.1 Å². The largest absolute Gasteiger partial charge is 0.433 e. The monoisotopic (exact) mass is 321 g/mol. The number of furan rings is 1. The third-order valence-electron chi connectivity index (χ3n) is 3.32. The van der Waals surface area contributed by atoms with Crippen LogP contribution in [0.1, 0.15) is 17.0 Å². The predicted octanol–water partition coefficient (Wildman–Crippen LogP) is 1.80. The fourth-order valence-corrected chi connectivity index (χ4v) is 2.35. The first-order valence-electron chi connectivity index (χ1n) is 6.56. The summed E-state index contributed by atoms with van der Waals surface area (Å²) < 4.78 is 41.5. The molecule has 1 atom stereocenters. The average molecular weight is 321 g/mol. The van der Waals surface area contributed by atoms with Crippen LogP contribution in [0.5, 0.6) is 0 Å². The molecule has 1 amide bonds. The van der Waals surface area contributed by atoms with Crippen LogP contribution in [0.2, 0.25) is 0 Å². The molecular formula is C12H14F3N3O4. The van der Waals surface area contributed by atoms with Crippen molar-refractivity contribution in [1.29, 1.82) is 0 Å². The van der Waals surface area contributed by atoms with Crippen molar-refractivity contribution >= 4 is 11.8 Å². The highest BCUT2D eigenvalue weighted by atomic mass is 19.4. The second-order valence-electron chi connectivity index (χ2n) is 5.11. The Kier molecular flexibility index (Phi) is 4.69. The van der Waals surface area contributed by atoms with Crippen LogP contribution in [-0.4, -0.2) is 48.1 Å². The van der Waals surface area contributed by atoms with Gasteiger partial charge in [-0.15, -0.1) is 0 Å². The van der Waals surface area contributed by atoms with E-state index in [9.17, 15) is 28.1 Å². The highest BCUT2D eigenvalue weighted by molar-refractivity contribution is 5.91. The lowest BCUT2D eigenvalue weighted by Crippen LogP contribution is -2.34. The molecule has 1 aromatic heterocycles. The van der Waals surface area contributed by atoms with E-state index in [4.69, 9.17) is 4.42 Å². The van der Waals surface area contributed by atoms with Gasteiger partial charge in [0.25, 0.3) is 5.91 Å². The molecule has 1 saturated heterocycles. The van der Waals surface area contributed by atoms with Crippen LogP contribution < -0.4 is 5.32 Å². The van der Waals surface area contributed by atoms with Gasteiger partial charge in [-0.3, -0.25) is 19.8 Å². The molecule has 0 aromatic carbocycles. The summed E-state index contributed by atoms with van der Waals surface area (Å²) >= 11 is 0. The number of carbonyl (C=O) groups excluding carboxylic acids is 1. The Morgan fingerprint density at radius 3 is 2.82 bits per heavy atom. The number of nitrogens with one attached hydrogen (secondary N) is 1. The van der Waals surface area contributed by atoms with Crippen LogP contribution in [0, 0.1) is 16.0 Å². The van der Waals surface area contributed by atoms with E-state index >= 15 is 0 Å². The molecule has 22 heavy (non-hydrogen) atoms. The maximum Gasteiger partial charge on any atom is 0.433 e. The van der Waals surface area contributed by atoms with E-state index in [0.717, 1.165) is 6.07 Å². The summed E-state index contributed by atoms with van der Waals surface area (Å²) in [6.07, 6.45) is -3.68. The van der Waals surface area contributed by atoms with E-state index in [0.29, 0.717) is 13.0 Å². The van der Waals surface area contributed by atoms with Crippen LogP contribution >= 0.6 is 0 Å². The minimum absolute atomic E-state index is 0.0868. The Morgan fingerprint density at radius 2 is 2.23 bits per heavy atom.